The third-order valence-corrected chi connectivity index (χ3v) is 4.46. The van der Waals surface area contributed by atoms with E-state index < -0.39 is 0 Å². The van der Waals surface area contributed by atoms with Gasteiger partial charge in [0.1, 0.15) is 0 Å². The zero-order chi connectivity index (χ0) is 13.4. The van der Waals surface area contributed by atoms with Crippen LogP contribution < -0.4 is 5.32 Å². The van der Waals surface area contributed by atoms with Crippen molar-refractivity contribution in [1.82, 2.24) is 10.2 Å². The summed E-state index contributed by atoms with van der Waals surface area (Å²) in [4.78, 5) is 2.67. The minimum atomic E-state index is 0.713. The summed E-state index contributed by atoms with van der Waals surface area (Å²) in [6.07, 6.45) is 5.11. The molecule has 0 aromatic rings. The van der Waals surface area contributed by atoms with Crippen molar-refractivity contribution in [2.45, 2.75) is 58.5 Å². The van der Waals surface area contributed by atoms with Gasteiger partial charge in [-0.3, -0.25) is 0 Å². The molecule has 3 atom stereocenters. The van der Waals surface area contributed by atoms with Crippen molar-refractivity contribution < 1.29 is 4.74 Å². The molecule has 1 rings (SSSR count). The average molecular weight is 256 g/mol. The van der Waals surface area contributed by atoms with Crippen molar-refractivity contribution in [3.8, 4) is 0 Å². The van der Waals surface area contributed by atoms with E-state index in [1.165, 1.54) is 38.8 Å². The number of likely N-dealkylation sites (tertiary alicyclic amines) is 1. The van der Waals surface area contributed by atoms with E-state index in [2.05, 4.69) is 31.0 Å². The number of ether oxygens (including phenoxy) is 1. The van der Waals surface area contributed by atoms with Crippen molar-refractivity contribution in [1.29, 1.82) is 0 Å². The van der Waals surface area contributed by atoms with Crippen LogP contribution in [-0.4, -0.2) is 50.3 Å². The van der Waals surface area contributed by atoms with Gasteiger partial charge in [0.15, 0.2) is 0 Å². The average Bonchev–Trinajstić information content (AvgIpc) is 2.37. The second kappa shape index (κ2) is 8.89. The van der Waals surface area contributed by atoms with Crippen LogP contribution in [0.1, 0.15) is 46.5 Å². The number of rotatable bonds is 8. The van der Waals surface area contributed by atoms with Crippen molar-refractivity contribution in [3.05, 3.63) is 0 Å². The monoisotopic (exact) mass is 256 g/mol. The Morgan fingerprint density at radius 2 is 2.00 bits per heavy atom. The normalized spacial score (nSPS) is 29.7. The third-order valence-electron chi connectivity index (χ3n) is 4.46. The Kier molecular flexibility index (Phi) is 7.87. The number of nitrogens with zero attached hydrogens (tertiary/aromatic N) is 1. The van der Waals surface area contributed by atoms with Crippen LogP contribution in [0.25, 0.3) is 0 Å². The van der Waals surface area contributed by atoms with Gasteiger partial charge in [-0.1, -0.05) is 13.8 Å². The molecular weight excluding hydrogens is 224 g/mol. The summed E-state index contributed by atoms with van der Waals surface area (Å²) >= 11 is 0. The number of unbranched alkanes of at least 4 members (excludes halogenated alkanes) is 2. The Hall–Kier alpha value is -0.120. The minimum Gasteiger partial charge on any atom is -0.385 e. The molecule has 3 unspecified atom stereocenters. The number of hydrogen-bond donors (Lipinski definition) is 1. The smallest absolute Gasteiger partial charge is 0.0462 e. The molecule has 0 saturated carbocycles. The molecule has 0 aliphatic carbocycles. The Bertz CT molecular complexity index is 211. The molecule has 1 aliphatic rings. The Labute approximate surface area is 113 Å². The van der Waals surface area contributed by atoms with Crippen LogP contribution in [0, 0.1) is 5.92 Å². The molecular formula is C15H32N2O. The summed E-state index contributed by atoms with van der Waals surface area (Å²) in [7, 11) is 1.79. The fourth-order valence-electron chi connectivity index (χ4n) is 3.04. The van der Waals surface area contributed by atoms with Crippen LogP contribution >= 0.6 is 0 Å². The molecule has 0 radical (unpaired) electrons. The van der Waals surface area contributed by atoms with Crippen LogP contribution in [0.2, 0.25) is 0 Å². The van der Waals surface area contributed by atoms with Gasteiger partial charge in [-0.2, -0.15) is 0 Å². The third kappa shape index (κ3) is 4.87. The summed E-state index contributed by atoms with van der Waals surface area (Å²) in [6, 6.07) is 1.43. The lowest BCUT2D eigenvalue weighted by molar-refractivity contribution is 0.0831. The lowest BCUT2D eigenvalue weighted by Crippen LogP contribution is -2.53. The molecule has 1 fully saturated rings. The van der Waals surface area contributed by atoms with Gasteiger partial charge in [0.25, 0.3) is 0 Å². The number of methoxy groups -OCH3 is 1. The van der Waals surface area contributed by atoms with Crippen LogP contribution in [0.4, 0.5) is 0 Å². The molecule has 0 aromatic carbocycles. The van der Waals surface area contributed by atoms with Crippen molar-refractivity contribution in [3.63, 3.8) is 0 Å². The Morgan fingerprint density at radius 3 is 2.67 bits per heavy atom. The molecule has 0 aromatic heterocycles. The van der Waals surface area contributed by atoms with E-state index in [4.69, 9.17) is 4.74 Å². The minimum absolute atomic E-state index is 0.713. The van der Waals surface area contributed by atoms with Crippen LogP contribution in [-0.2, 0) is 4.74 Å². The van der Waals surface area contributed by atoms with Crippen molar-refractivity contribution in [2.24, 2.45) is 5.92 Å². The fraction of sp³-hybridized carbons (Fsp3) is 1.00. The Balaban J connectivity index is 2.23. The van der Waals surface area contributed by atoms with Crippen LogP contribution in [0.5, 0.6) is 0 Å². The molecule has 1 heterocycles. The highest BCUT2D eigenvalue weighted by atomic mass is 16.5. The van der Waals surface area contributed by atoms with Gasteiger partial charge in [-0.15, -0.1) is 0 Å². The highest BCUT2D eigenvalue weighted by molar-refractivity contribution is 4.88. The zero-order valence-electron chi connectivity index (χ0n) is 12.7. The largest absolute Gasteiger partial charge is 0.385 e. The van der Waals surface area contributed by atoms with E-state index in [9.17, 15) is 0 Å². The summed E-state index contributed by atoms with van der Waals surface area (Å²) < 4.78 is 5.09. The summed E-state index contributed by atoms with van der Waals surface area (Å²) in [5.74, 6) is 0.762. The molecule has 108 valence electrons. The first-order valence-electron chi connectivity index (χ1n) is 7.67. The van der Waals surface area contributed by atoms with E-state index in [-0.39, 0.29) is 0 Å². The first kappa shape index (κ1) is 15.9. The zero-order valence-corrected chi connectivity index (χ0v) is 12.7. The summed E-state index contributed by atoms with van der Waals surface area (Å²) in [6.45, 7) is 11.5. The highest BCUT2D eigenvalue weighted by Crippen LogP contribution is 2.23. The number of hydrogen-bond acceptors (Lipinski definition) is 3. The van der Waals surface area contributed by atoms with E-state index in [0.29, 0.717) is 6.04 Å². The van der Waals surface area contributed by atoms with Gasteiger partial charge in [-0.05, 0) is 58.2 Å². The van der Waals surface area contributed by atoms with E-state index in [1.54, 1.807) is 7.11 Å². The van der Waals surface area contributed by atoms with Crippen molar-refractivity contribution >= 4 is 0 Å². The molecule has 3 nitrogen and oxygen atoms in total. The molecule has 0 spiro atoms. The van der Waals surface area contributed by atoms with Crippen molar-refractivity contribution in [2.75, 3.05) is 33.4 Å². The molecule has 18 heavy (non-hydrogen) atoms. The SMILES string of the molecule is CCNC1CCN(CCCCCOC)C(C)C1C. The van der Waals surface area contributed by atoms with E-state index >= 15 is 0 Å². The second-order valence-corrected chi connectivity index (χ2v) is 5.64. The van der Waals surface area contributed by atoms with Gasteiger partial charge in [0.2, 0.25) is 0 Å². The highest BCUT2D eigenvalue weighted by Gasteiger charge is 2.31. The maximum Gasteiger partial charge on any atom is 0.0462 e. The quantitative estimate of drug-likeness (QED) is 0.675. The fourth-order valence-corrected chi connectivity index (χ4v) is 3.04. The predicted molar refractivity (Wildman–Crippen MR) is 78.0 cm³/mol. The Morgan fingerprint density at radius 1 is 1.22 bits per heavy atom. The lowest BCUT2D eigenvalue weighted by atomic mass is 9.87. The maximum atomic E-state index is 5.09. The van der Waals surface area contributed by atoms with Gasteiger partial charge in [-0.25, -0.2) is 0 Å². The number of nitrogens with one attached hydrogen (secondary N) is 1. The van der Waals surface area contributed by atoms with E-state index in [1.807, 2.05) is 0 Å². The van der Waals surface area contributed by atoms with Crippen LogP contribution in [0.3, 0.4) is 0 Å². The standard InChI is InChI=1S/C15H32N2O/c1-5-16-15-9-11-17(14(3)13(15)2)10-7-6-8-12-18-4/h13-16H,5-12H2,1-4H3. The predicted octanol–water partition coefficient (Wildman–Crippen LogP) is 2.51. The first-order valence-corrected chi connectivity index (χ1v) is 7.67. The molecule has 1 N–H and O–H groups in total. The molecule has 1 saturated heterocycles. The van der Waals surface area contributed by atoms with Gasteiger partial charge < -0.3 is 15.0 Å². The second-order valence-electron chi connectivity index (χ2n) is 5.64. The van der Waals surface area contributed by atoms with E-state index in [0.717, 1.165) is 25.1 Å². The maximum absolute atomic E-state index is 5.09. The lowest BCUT2D eigenvalue weighted by Gasteiger charge is -2.43. The topological polar surface area (TPSA) is 24.5 Å². The first-order chi connectivity index (χ1) is 8.70. The molecule has 1 aliphatic heterocycles. The van der Waals surface area contributed by atoms with Gasteiger partial charge >= 0.3 is 0 Å². The summed E-state index contributed by atoms with van der Waals surface area (Å²) in [5, 5.41) is 3.63. The number of piperidine rings is 1. The molecule has 3 heteroatoms. The van der Waals surface area contributed by atoms with Gasteiger partial charge in [0.05, 0.1) is 0 Å². The molecule has 0 amide bonds. The van der Waals surface area contributed by atoms with Crippen LogP contribution in [0.15, 0.2) is 0 Å². The summed E-state index contributed by atoms with van der Waals surface area (Å²) in [5.41, 5.74) is 0. The van der Waals surface area contributed by atoms with Gasteiger partial charge in [0, 0.05) is 25.8 Å². The molecule has 0 bridgehead atoms.